The molecule has 0 amide bonds. The number of hydrogen-bond donors (Lipinski definition) is 0. The van der Waals surface area contributed by atoms with Crippen molar-refractivity contribution in [3.8, 4) is 5.88 Å². The number of hydrogen-bond acceptors (Lipinski definition) is 13. The molecule has 1 fully saturated rings. The molecule has 0 spiro atoms. The molecule has 0 radical (unpaired) electrons. The number of esters is 3. The van der Waals surface area contributed by atoms with Crippen LogP contribution in [0.1, 0.15) is 103 Å². The fraction of sp³-hybridized carbons (Fsp3) is 0.586. The van der Waals surface area contributed by atoms with Crippen LogP contribution in [-0.4, -0.2) is 66.0 Å². The molecule has 2 unspecified atom stereocenters. The molecule has 1 aliphatic heterocycles. The second-order valence-corrected chi connectivity index (χ2v) is 12.9. The van der Waals surface area contributed by atoms with Crippen LogP contribution < -0.4 is 9.87 Å². The maximum atomic E-state index is 13.7. The Morgan fingerprint density at radius 3 is 1.89 bits per heavy atom. The molecule has 0 bridgehead atoms. The first kappa shape index (κ1) is 34.6. The Kier molecular flexibility index (Phi) is 10.9. The van der Waals surface area contributed by atoms with Crippen LogP contribution in [0, 0.1) is 0 Å². The summed E-state index contributed by atoms with van der Waals surface area (Å²) in [4.78, 5) is 52.0. The molecule has 0 aliphatic carbocycles. The lowest BCUT2D eigenvalue weighted by atomic mass is 9.89. The lowest BCUT2D eigenvalue weighted by Crippen LogP contribution is -2.42. The smallest absolute Gasteiger partial charge is 0.369 e. The van der Waals surface area contributed by atoms with Crippen LogP contribution in [0.25, 0.3) is 0 Å². The minimum Gasteiger partial charge on any atom is -0.463 e. The van der Waals surface area contributed by atoms with Crippen molar-refractivity contribution in [1.29, 1.82) is 0 Å². The van der Waals surface area contributed by atoms with Crippen molar-refractivity contribution < 1.29 is 45.9 Å². The topological polar surface area (TPSA) is 179 Å². The standard InChI is InChI=1S/C29H39N3O11S/c1-14(2)20-10-21(15(3)4)27(22(11-20)16(5)6)44(37,38)43-24-12-30-32(29(36)31-24)28-26(41-19(9)35)25(40-18(8)34)23(42-28)13-39-17(7)33/h10-12,14-16,23,25-26,28H,13H2,1-9H3/t23-,25?,26?,28-/m1/s1. The minimum absolute atomic E-state index is 0.00413. The van der Waals surface area contributed by atoms with E-state index in [0.717, 1.165) is 32.5 Å². The largest absolute Gasteiger partial charge is 0.463 e. The summed E-state index contributed by atoms with van der Waals surface area (Å²) in [6.07, 6.45) is -4.37. The van der Waals surface area contributed by atoms with E-state index in [2.05, 4.69) is 10.1 Å². The number of nitrogens with zero attached hydrogens (tertiary/aromatic N) is 3. The molecule has 1 aliphatic rings. The third-order valence-corrected chi connectivity index (χ3v) is 8.16. The first-order chi connectivity index (χ1) is 20.4. The summed E-state index contributed by atoms with van der Waals surface area (Å²) in [5.74, 6) is -2.96. The predicted molar refractivity (Wildman–Crippen MR) is 154 cm³/mol. The molecule has 2 heterocycles. The van der Waals surface area contributed by atoms with Gasteiger partial charge in [-0.1, -0.05) is 53.7 Å². The van der Waals surface area contributed by atoms with Crippen LogP contribution in [0.4, 0.5) is 0 Å². The highest BCUT2D eigenvalue weighted by atomic mass is 32.2. The second-order valence-electron chi connectivity index (χ2n) is 11.4. The van der Waals surface area contributed by atoms with Crippen molar-refractivity contribution in [2.45, 2.75) is 110 Å². The average molecular weight is 638 g/mol. The van der Waals surface area contributed by atoms with Gasteiger partial charge in [0.05, 0.1) is 0 Å². The van der Waals surface area contributed by atoms with Crippen molar-refractivity contribution in [2.75, 3.05) is 6.61 Å². The van der Waals surface area contributed by atoms with E-state index in [1.165, 1.54) is 0 Å². The Morgan fingerprint density at radius 2 is 1.43 bits per heavy atom. The molecule has 1 aromatic carbocycles. The van der Waals surface area contributed by atoms with E-state index in [4.69, 9.17) is 23.1 Å². The third-order valence-electron chi connectivity index (χ3n) is 6.80. The van der Waals surface area contributed by atoms with Crippen molar-refractivity contribution in [3.05, 3.63) is 45.5 Å². The Hall–Kier alpha value is -3.85. The number of aromatic nitrogens is 3. The van der Waals surface area contributed by atoms with E-state index < -0.39 is 70.7 Å². The van der Waals surface area contributed by atoms with Gasteiger partial charge in [0.2, 0.25) is 0 Å². The molecule has 4 atom stereocenters. The Balaban J connectivity index is 2.03. The highest BCUT2D eigenvalue weighted by molar-refractivity contribution is 7.87. The highest BCUT2D eigenvalue weighted by Gasteiger charge is 2.51. The van der Waals surface area contributed by atoms with Crippen molar-refractivity contribution in [3.63, 3.8) is 0 Å². The zero-order chi connectivity index (χ0) is 33.1. The molecule has 15 heteroatoms. The predicted octanol–water partition coefficient (Wildman–Crippen LogP) is 3.10. The minimum atomic E-state index is -4.49. The molecule has 2 aromatic rings. The van der Waals surface area contributed by atoms with Crippen LogP contribution in [0.15, 0.2) is 28.0 Å². The van der Waals surface area contributed by atoms with Crippen molar-refractivity contribution in [1.82, 2.24) is 14.8 Å². The van der Waals surface area contributed by atoms with Gasteiger partial charge < -0.3 is 23.1 Å². The van der Waals surface area contributed by atoms with Crippen LogP contribution in [0.3, 0.4) is 0 Å². The second kappa shape index (κ2) is 13.8. The molecule has 44 heavy (non-hydrogen) atoms. The molecular weight excluding hydrogens is 598 g/mol. The Morgan fingerprint density at radius 1 is 0.886 bits per heavy atom. The summed E-state index contributed by atoms with van der Waals surface area (Å²) < 4.78 is 54.8. The van der Waals surface area contributed by atoms with E-state index in [0.29, 0.717) is 15.8 Å². The fourth-order valence-corrected chi connectivity index (χ4v) is 6.33. The summed E-state index contributed by atoms with van der Waals surface area (Å²) in [7, 11) is -4.49. The van der Waals surface area contributed by atoms with Crippen molar-refractivity contribution >= 4 is 28.0 Å². The highest BCUT2D eigenvalue weighted by Crippen LogP contribution is 2.37. The van der Waals surface area contributed by atoms with E-state index in [1.54, 1.807) is 0 Å². The van der Waals surface area contributed by atoms with Crippen LogP contribution in [0.5, 0.6) is 5.88 Å². The quantitative estimate of drug-likeness (QED) is 0.199. The number of rotatable bonds is 11. The molecular formula is C29H39N3O11S. The molecule has 0 N–H and O–H groups in total. The lowest BCUT2D eigenvalue weighted by Gasteiger charge is -2.23. The summed E-state index contributed by atoms with van der Waals surface area (Å²) >= 11 is 0. The van der Waals surface area contributed by atoms with E-state index in [1.807, 2.05) is 53.7 Å². The maximum Gasteiger partial charge on any atom is 0.369 e. The summed E-state index contributed by atoms with van der Waals surface area (Å²) in [6, 6.07) is 3.69. The van der Waals surface area contributed by atoms with Gasteiger partial charge in [-0.25, -0.2) is 4.79 Å². The zero-order valence-electron chi connectivity index (χ0n) is 26.2. The number of benzene rings is 1. The molecule has 1 aromatic heterocycles. The van der Waals surface area contributed by atoms with Crippen LogP contribution in [-0.2, 0) is 43.4 Å². The van der Waals surface area contributed by atoms with Gasteiger partial charge in [0.15, 0.2) is 18.4 Å². The van der Waals surface area contributed by atoms with Crippen molar-refractivity contribution in [2.24, 2.45) is 0 Å². The first-order valence-corrected chi connectivity index (χ1v) is 15.5. The van der Waals surface area contributed by atoms with Gasteiger partial charge in [0, 0.05) is 20.8 Å². The van der Waals surface area contributed by atoms with E-state index >= 15 is 0 Å². The van der Waals surface area contributed by atoms with Crippen LogP contribution >= 0.6 is 0 Å². The molecule has 0 saturated carbocycles. The normalized spacial score (nSPS) is 20.2. The summed E-state index contributed by atoms with van der Waals surface area (Å²) in [6.45, 7) is 14.5. The summed E-state index contributed by atoms with van der Waals surface area (Å²) in [5.41, 5.74) is 1.01. The SMILES string of the molecule is CC(=O)OC[C@H]1O[C@@H](n2ncc(OS(=O)(=O)c3c(C(C)C)cc(C(C)C)cc3C(C)C)nc2=O)C(OC(C)=O)C1OC(C)=O. The third kappa shape index (κ3) is 8.00. The number of carbonyl (C=O) groups excluding carboxylic acids is 3. The van der Waals surface area contributed by atoms with Gasteiger partial charge in [0.1, 0.15) is 23.8 Å². The van der Waals surface area contributed by atoms with Gasteiger partial charge >= 0.3 is 33.7 Å². The fourth-order valence-electron chi connectivity index (χ4n) is 4.77. The summed E-state index contributed by atoms with van der Waals surface area (Å²) in [5, 5.41) is 3.98. The maximum absolute atomic E-state index is 13.7. The van der Waals surface area contributed by atoms with Gasteiger partial charge in [0.25, 0.3) is 5.88 Å². The lowest BCUT2D eigenvalue weighted by molar-refractivity contribution is -0.166. The molecule has 242 valence electrons. The van der Waals surface area contributed by atoms with Gasteiger partial charge in [-0.2, -0.15) is 23.2 Å². The first-order valence-electron chi connectivity index (χ1n) is 14.1. The molecule has 1 saturated heterocycles. The molecule has 14 nitrogen and oxygen atoms in total. The number of carbonyl (C=O) groups is 3. The Bertz CT molecular complexity index is 1540. The van der Waals surface area contributed by atoms with Gasteiger partial charge in [-0.05, 0) is 34.4 Å². The monoisotopic (exact) mass is 637 g/mol. The van der Waals surface area contributed by atoms with E-state index in [-0.39, 0.29) is 22.6 Å². The number of ether oxygens (including phenoxy) is 4. The Labute approximate surface area is 256 Å². The molecule has 3 rings (SSSR count). The van der Waals surface area contributed by atoms with Gasteiger partial charge in [-0.3, -0.25) is 14.4 Å². The van der Waals surface area contributed by atoms with Crippen LogP contribution in [0.2, 0.25) is 0 Å². The van der Waals surface area contributed by atoms with E-state index in [9.17, 15) is 27.6 Å². The average Bonchev–Trinajstić information content (AvgIpc) is 3.21. The van der Waals surface area contributed by atoms with Gasteiger partial charge in [-0.15, -0.1) is 0 Å². The zero-order valence-corrected chi connectivity index (χ0v) is 27.0.